The Kier molecular flexibility index (Phi) is 4.05. The van der Waals surface area contributed by atoms with E-state index in [2.05, 4.69) is 24.1 Å². The third kappa shape index (κ3) is 3.68. The first-order valence-electron chi connectivity index (χ1n) is 6.79. The second kappa shape index (κ2) is 5.36. The van der Waals surface area contributed by atoms with E-state index in [4.69, 9.17) is 0 Å². The van der Waals surface area contributed by atoms with E-state index in [9.17, 15) is 9.90 Å². The Morgan fingerprint density at radius 1 is 1.41 bits per heavy atom. The van der Waals surface area contributed by atoms with E-state index in [1.54, 1.807) is 0 Å². The van der Waals surface area contributed by atoms with Gasteiger partial charge in [-0.15, -0.1) is 0 Å². The van der Waals surface area contributed by atoms with Gasteiger partial charge >= 0.3 is 5.97 Å². The smallest absolute Gasteiger partial charge is 0.322 e. The summed E-state index contributed by atoms with van der Waals surface area (Å²) >= 11 is 0. The summed E-state index contributed by atoms with van der Waals surface area (Å²) in [5, 5.41) is 12.5. The lowest BCUT2D eigenvalue weighted by Gasteiger charge is -2.37. The van der Waals surface area contributed by atoms with Gasteiger partial charge in [-0.05, 0) is 45.1 Å². The van der Waals surface area contributed by atoms with Crippen molar-refractivity contribution in [3.63, 3.8) is 0 Å². The average molecular weight is 240 g/mol. The molecule has 0 aromatic rings. The van der Waals surface area contributed by atoms with Gasteiger partial charge in [0.25, 0.3) is 0 Å². The zero-order valence-corrected chi connectivity index (χ0v) is 10.9. The molecule has 2 N–H and O–H groups in total. The van der Waals surface area contributed by atoms with Crippen molar-refractivity contribution in [1.29, 1.82) is 0 Å². The number of rotatable bonds is 5. The first-order chi connectivity index (χ1) is 8.06. The third-order valence-electron chi connectivity index (χ3n) is 4.01. The molecule has 2 fully saturated rings. The van der Waals surface area contributed by atoms with Crippen molar-refractivity contribution >= 4 is 5.97 Å². The van der Waals surface area contributed by atoms with Crippen LogP contribution in [-0.4, -0.2) is 47.2 Å². The first kappa shape index (κ1) is 12.8. The lowest BCUT2D eigenvalue weighted by Crippen LogP contribution is -2.51. The van der Waals surface area contributed by atoms with Crippen molar-refractivity contribution < 1.29 is 9.90 Å². The molecule has 1 heterocycles. The van der Waals surface area contributed by atoms with Crippen LogP contribution < -0.4 is 5.32 Å². The summed E-state index contributed by atoms with van der Waals surface area (Å²) in [6.07, 6.45) is 4.66. The number of carboxylic acids is 1. The van der Waals surface area contributed by atoms with Gasteiger partial charge in [-0.3, -0.25) is 9.69 Å². The van der Waals surface area contributed by atoms with Crippen molar-refractivity contribution in [1.82, 2.24) is 10.2 Å². The van der Waals surface area contributed by atoms with E-state index >= 15 is 0 Å². The molecule has 2 aliphatic rings. The van der Waals surface area contributed by atoms with Gasteiger partial charge in [0.05, 0.1) is 0 Å². The highest BCUT2D eigenvalue weighted by molar-refractivity contribution is 5.73. The molecule has 0 radical (unpaired) electrons. The molecule has 3 unspecified atom stereocenters. The van der Waals surface area contributed by atoms with Gasteiger partial charge in [0, 0.05) is 18.6 Å². The average Bonchev–Trinajstić information content (AvgIpc) is 3.04. The van der Waals surface area contributed by atoms with Crippen molar-refractivity contribution in [3.8, 4) is 0 Å². The molecule has 1 saturated carbocycles. The Morgan fingerprint density at radius 3 is 2.65 bits per heavy atom. The van der Waals surface area contributed by atoms with Crippen molar-refractivity contribution in [2.24, 2.45) is 5.92 Å². The predicted octanol–water partition coefficient (Wildman–Crippen LogP) is 1.31. The second-order valence-electron chi connectivity index (χ2n) is 5.81. The quantitative estimate of drug-likeness (QED) is 0.761. The second-order valence-corrected chi connectivity index (χ2v) is 5.81. The van der Waals surface area contributed by atoms with Crippen molar-refractivity contribution in [2.45, 2.75) is 57.7 Å². The number of aliphatic carboxylic acids is 1. The van der Waals surface area contributed by atoms with Gasteiger partial charge in [-0.1, -0.05) is 6.92 Å². The summed E-state index contributed by atoms with van der Waals surface area (Å²) in [6, 6.07) is 0.579. The highest BCUT2D eigenvalue weighted by Crippen LogP contribution is 2.23. The molecule has 0 amide bonds. The van der Waals surface area contributed by atoms with Crippen LogP contribution in [0.5, 0.6) is 0 Å². The molecule has 3 atom stereocenters. The Labute approximate surface area is 103 Å². The molecule has 0 spiro atoms. The molecule has 1 aliphatic heterocycles. The standard InChI is InChI=1S/C13H24N2O2/c1-9-5-6-15(10(2)7-9)8-12(13(16)17)14-11-3-4-11/h9-12,14H,3-8H2,1-2H3,(H,16,17). The normalized spacial score (nSPS) is 32.4. The maximum absolute atomic E-state index is 11.2. The minimum absolute atomic E-state index is 0.390. The maximum atomic E-state index is 11.2. The number of nitrogens with one attached hydrogen (secondary N) is 1. The molecule has 4 nitrogen and oxygen atoms in total. The van der Waals surface area contributed by atoms with E-state index in [0.717, 1.165) is 25.3 Å². The van der Waals surface area contributed by atoms with E-state index in [0.29, 0.717) is 18.6 Å². The van der Waals surface area contributed by atoms with Crippen LogP contribution in [0.15, 0.2) is 0 Å². The molecular weight excluding hydrogens is 216 g/mol. The Balaban J connectivity index is 1.85. The highest BCUT2D eigenvalue weighted by atomic mass is 16.4. The van der Waals surface area contributed by atoms with Crippen LogP contribution in [0.25, 0.3) is 0 Å². The SMILES string of the molecule is CC1CCN(CC(NC2CC2)C(=O)O)C(C)C1. The Bertz CT molecular complexity index is 279. The highest BCUT2D eigenvalue weighted by Gasteiger charge is 2.32. The van der Waals surface area contributed by atoms with Gasteiger partial charge in [-0.25, -0.2) is 0 Å². The molecule has 2 rings (SSSR count). The fourth-order valence-electron chi connectivity index (χ4n) is 2.70. The lowest BCUT2D eigenvalue weighted by atomic mass is 9.93. The van der Waals surface area contributed by atoms with Gasteiger partial charge in [-0.2, -0.15) is 0 Å². The Morgan fingerprint density at radius 2 is 2.12 bits per heavy atom. The Hall–Kier alpha value is -0.610. The molecule has 0 bridgehead atoms. The van der Waals surface area contributed by atoms with Crippen LogP contribution in [0.3, 0.4) is 0 Å². The number of nitrogens with zero attached hydrogens (tertiary/aromatic N) is 1. The minimum Gasteiger partial charge on any atom is -0.480 e. The lowest BCUT2D eigenvalue weighted by molar-refractivity contribution is -0.140. The molecule has 17 heavy (non-hydrogen) atoms. The van der Waals surface area contributed by atoms with Crippen molar-refractivity contribution in [2.75, 3.05) is 13.1 Å². The van der Waals surface area contributed by atoms with Gasteiger partial charge in [0.1, 0.15) is 6.04 Å². The van der Waals surface area contributed by atoms with E-state index in [1.165, 1.54) is 12.8 Å². The number of likely N-dealkylation sites (tertiary alicyclic amines) is 1. The summed E-state index contributed by atoms with van der Waals surface area (Å²) in [5.74, 6) is 0.0728. The molecule has 4 heteroatoms. The van der Waals surface area contributed by atoms with Crippen LogP contribution in [0, 0.1) is 5.92 Å². The van der Waals surface area contributed by atoms with Crippen LogP contribution in [0.2, 0.25) is 0 Å². The third-order valence-corrected chi connectivity index (χ3v) is 4.01. The zero-order chi connectivity index (χ0) is 12.4. The topological polar surface area (TPSA) is 52.6 Å². The summed E-state index contributed by atoms with van der Waals surface area (Å²) in [6.45, 7) is 6.19. The summed E-state index contributed by atoms with van der Waals surface area (Å²) in [4.78, 5) is 13.5. The zero-order valence-electron chi connectivity index (χ0n) is 10.9. The monoisotopic (exact) mass is 240 g/mol. The molecule has 0 aromatic carbocycles. The molecule has 1 aliphatic carbocycles. The van der Waals surface area contributed by atoms with Crippen LogP contribution >= 0.6 is 0 Å². The number of piperidine rings is 1. The molecular formula is C13H24N2O2. The van der Waals surface area contributed by atoms with Gasteiger partial charge < -0.3 is 10.4 Å². The van der Waals surface area contributed by atoms with Crippen LogP contribution in [0.4, 0.5) is 0 Å². The minimum atomic E-state index is -0.706. The van der Waals surface area contributed by atoms with Gasteiger partial charge in [0.2, 0.25) is 0 Å². The van der Waals surface area contributed by atoms with E-state index < -0.39 is 12.0 Å². The molecule has 0 aromatic heterocycles. The van der Waals surface area contributed by atoms with Crippen molar-refractivity contribution in [3.05, 3.63) is 0 Å². The van der Waals surface area contributed by atoms with Gasteiger partial charge in [0.15, 0.2) is 0 Å². The number of carboxylic acid groups (broad SMARTS) is 1. The summed E-state index contributed by atoms with van der Waals surface area (Å²) < 4.78 is 0. The molecule has 1 saturated heterocycles. The fourth-order valence-corrected chi connectivity index (χ4v) is 2.70. The van der Waals surface area contributed by atoms with E-state index in [1.807, 2.05) is 0 Å². The summed E-state index contributed by atoms with van der Waals surface area (Å²) in [5.41, 5.74) is 0. The predicted molar refractivity (Wildman–Crippen MR) is 67.0 cm³/mol. The van der Waals surface area contributed by atoms with E-state index in [-0.39, 0.29) is 0 Å². The first-order valence-corrected chi connectivity index (χ1v) is 6.79. The maximum Gasteiger partial charge on any atom is 0.322 e. The molecule has 98 valence electrons. The summed E-state index contributed by atoms with van der Waals surface area (Å²) in [7, 11) is 0. The van der Waals surface area contributed by atoms with Crippen LogP contribution in [0.1, 0.15) is 39.5 Å². The number of hydrogen-bond donors (Lipinski definition) is 2. The number of hydrogen-bond acceptors (Lipinski definition) is 3. The number of carbonyl (C=O) groups is 1. The fraction of sp³-hybridized carbons (Fsp3) is 0.923. The van der Waals surface area contributed by atoms with Crippen LogP contribution in [-0.2, 0) is 4.79 Å². The largest absolute Gasteiger partial charge is 0.480 e.